The van der Waals surface area contributed by atoms with Gasteiger partial charge in [-0.2, -0.15) is 0 Å². The van der Waals surface area contributed by atoms with Crippen molar-refractivity contribution in [2.75, 3.05) is 0 Å². The lowest BCUT2D eigenvalue weighted by molar-refractivity contribution is 0.160. The van der Waals surface area contributed by atoms with Crippen LogP contribution >= 0.6 is 0 Å². The molecule has 0 amide bonds. The van der Waals surface area contributed by atoms with Crippen LogP contribution in [-0.4, -0.2) is 10.1 Å². The van der Waals surface area contributed by atoms with Gasteiger partial charge in [-0.3, -0.25) is 4.98 Å². The summed E-state index contributed by atoms with van der Waals surface area (Å²) in [4.78, 5) is 4.24. The summed E-state index contributed by atoms with van der Waals surface area (Å²) in [5.41, 5.74) is 8.39. The molecule has 0 saturated carbocycles. The molecule has 0 unspecified atom stereocenters. The van der Waals surface area contributed by atoms with Crippen molar-refractivity contribution in [1.29, 1.82) is 0 Å². The van der Waals surface area contributed by atoms with E-state index in [1.54, 1.807) is 24.4 Å². The second kappa shape index (κ2) is 5.31. The van der Waals surface area contributed by atoms with Gasteiger partial charge in [0.05, 0.1) is 11.8 Å². The Morgan fingerprint density at radius 1 is 1.10 bits per heavy atom. The number of aliphatic hydroxyl groups is 1. The molecule has 1 aliphatic rings. The first kappa shape index (κ1) is 13.2. The number of fused-ring (bicyclic) bond motifs is 1. The highest BCUT2D eigenvalue weighted by Gasteiger charge is 2.31. The number of aromatic nitrogens is 1. The van der Waals surface area contributed by atoms with Gasteiger partial charge in [0.25, 0.3) is 0 Å². The summed E-state index contributed by atoms with van der Waals surface area (Å²) >= 11 is 0. The van der Waals surface area contributed by atoms with Crippen LogP contribution in [0.1, 0.15) is 47.7 Å². The van der Waals surface area contributed by atoms with Crippen LogP contribution in [0, 0.1) is 5.82 Å². The third-order valence-corrected chi connectivity index (χ3v) is 4.04. The first-order valence-corrected chi connectivity index (χ1v) is 6.81. The van der Waals surface area contributed by atoms with Gasteiger partial charge in [0.2, 0.25) is 0 Å². The van der Waals surface area contributed by atoms with Crippen molar-refractivity contribution >= 4 is 0 Å². The first-order valence-electron chi connectivity index (χ1n) is 6.81. The van der Waals surface area contributed by atoms with E-state index in [0.29, 0.717) is 24.1 Å². The maximum absolute atomic E-state index is 14.0. The number of hydrogen-bond acceptors (Lipinski definition) is 3. The van der Waals surface area contributed by atoms with Gasteiger partial charge in [0.15, 0.2) is 0 Å². The van der Waals surface area contributed by atoms with Crippen molar-refractivity contribution in [3.05, 3.63) is 65.2 Å². The predicted octanol–water partition coefficient (Wildman–Crippen LogP) is 2.83. The summed E-state index contributed by atoms with van der Waals surface area (Å²) in [5, 5.41) is 10.2. The van der Waals surface area contributed by atoms with E-state index in [2.05, 4.69) is 4.98 Å². The van der Waals surface area contributed by atoms with E-state index in [0.717, 1.165) is 5.56 Å². The maximum atomic E-state index is 14.0. The number of benzene rings is 1. The molecule has 3 atom stereocenters. The van der Waals surface area contributed by atoms with E-state index in [9.17, 15) is 9.50 Å². The highest BCUT2D eigenvalue weighted by Crippen LogP contribution is 2.41. The molecule has 0 saturated heterocycles. The lowest BCUT2D eigenvalue weighted by atomic mass is 9.86. The number of aliphatic hydroxyl groups excluding tert-OH is 1. The summed E-state index contributed by atoms with van der Waals surface area (Å²) in [7, 11) is 0. The molecule has 1 aromatic heterocycles. The molecule has 2 aromatic rings. The molecule has 3 N–H and O–H groups in total. The molecule has 0 aliphatic heterocycles. The fourth-order valence-corrected chi connectivity index (χ4v) is 2.99. The van der Waals surface area contributed by atoms with E-state index < -0.39 is 6.10 Å². The number of rotatable bonds is 1. The molecule has 104 valence electrons. The monoisotopic (exact) mass is 272 g/mol. The van der Waals surface area contributed by atoms with Crippen molar-refractivity contribution in [1.82, 2.24) is 4.98 Å². The maximum Gasteiger partial charge on any atom is 0.126 e. The van der Waals surface area contributed by atoms with Gasteiger partial charge >= 0.3 is 0 Å². The fraction of sp³-hybridized carbons (Fsp3) is 0.312. The molecule has 20 heavy (non-hydrogen) atoms. The van der Waals surface area contributed by atoms with Crippen LogP contribution in [0.15, 0.2) is 42.6 Å². The quantitative estimate of drug-likeness (QED) is 0.785. The smallest absolute Gasteiger partial charge is 0.126 e. The Hall–Kier alpha value is -1.78. The van der Waals surface area contributed by atoms with Gasteiger partial charge in [-0.05, 0) is 36.1 Å². The largest absolute Gasteiger partial charge is 0.387 e. The van der Waals surface area contributed by atoms with Crippen LogP contribution in [-0.2, 0) is 0 Å². The van der Waals surface area contributed by atoms with Gasteiger partial charge < -0.3 is 10.8 Å². The van der Waals surface area contributed by atoms with Crippen molar-refractivity contribution in [3.63, 3.8) is 0 Å². The number of halogens is 1. The van der Waals surface area contributed by atoms with E-state index >= 15 is 0 Å². The minimum atomic E-state index is -0.631. The van der Waals surface area contributed by atoms with E-state index in [4.69, 9.17) is 5.73 Å². The zero-order valence-corrected chi connectivity index (χ0v) is 11.0. The minimum Gasteiger partial charge on any atom is -0.387 e. The molecular formula is C16H17FN2O. The molecule has 0 radical (unpaired) electrons. The highest BCUT2D eigenvalue weighted by atomic mass is 19.1. The van der Waals surface area contributed by atoms with Crippen LogP contribution in [0.2, 0.25) is 0 Å². The van der Waals surface area contributed by atoms with Crippen LogP contribution in [0.5, 0.6) is 0 Å². The average molecular weight is 272 g/mol. The normalized spacial score (nSPS) is 25.9. The molecule has 0 bridgehead atoms. The molecule has 1 aliphatic carbocycles. The second-order valence-corrected chi connectivity index (χ2v) is 5.22. The molecule has 3 rings (SSSR count). The molecule has 0 spiro atoms. The Kier molecular flexibility index (Phi) is 3.51. The lowest BCUT2D eigenvalue weighted by Gasteiger charge is -2.23. The number of nitrogens with two attached hydrogens (primary N) is 1. The van der Waals surface area contributed by atoms with Gasteiger partial charge in [-0.1, -0.05) is 24.3 Å². The lowest BCUT2D eigenvalue weighted by Crippen LogP contribution is -2.20. The van der Waals surface area contributed by atoms with Gasteiger partial charge in [0.1, 0.15) is 5.82 Å². The summed E-state index contributed by atoms with van der Waals surface area (Å²) in [5.74, 6) is -0.383. The Bertz CT molecular complexity index is 617. The highest BCUT2D eigenvalue weighted by molar-refractivity contribution is 5.33. The Labute approximate surface area is 117 Å². The molecule has 3 nitrogen and oxygen atoms in total. The molecule has 1 heterocycles. The van der Waals surface area contributed by atoms with Crippen LogP contribution < -0.4 is 5.73 Å². The molecule has 1 aromatic carbocycles. The zero-order valence-electron chi connectivity index (χ0n) is 11.0. The summed E-state index contributed by atoms with van der Waals surface area (Å²) in [6.45, 7) is 0. The number of nitrogens with zero attached hydrogens (tertiary/aromatic N) is 1. The molecule has 0 fully saturated rings. The average Bonchev–Trinajstić information content (AvgIpc) is 2.59. The number of pyridine rings is 1. The van der Waals surface area contributed by atoms with Crippen molar-refractivity contribution < 1.29 is 9.50 Å². The molecule has 4 heteroatoms. The van der Waals surface area contributed by atoms with Crippen LogP contribution in [0.4, 0.5) is 4.39 Å². The predicted molar refractivity (Wildman–Crippen MR) is 74.5 cm³/mol. The first-order chi connectivity index (χ1) is 9.68. The van der Waals surface area contributed by atoms with E-state index in [1.807, 2.05) is 12.1 Å². The number of hydrogen-bond donors (Lipinski definition) is 2. The van der Waals surface area contributed by atoms with Crippen LogP contribution in [0.3, 0.4) is 0 Å². The Balaban J connectivity index is 2.06. The van der Waals surface area contributed by atoms with Crippen molar-refractivity contribution in [2.24, 2.45) is 5.73 Å². The fourth-order valence-electron chi connectivity index (χ4n) is 2.99. The summed E-state index contributed by atoms with van der Waals surface area (Å²) in [6, 6.07) is 10.0. The summed E-state index contributed by atoms with van der Waals surface area (Å²) in [6.07, 6.45) is 2.20. The van der Waals surface area contributed by atoms with Gasteiger partial charge in [0, 0.05) is 18.2 Å². The minimum absolute atomic E-state index is 0.142. The topological polar surface area (TPSA) is 59.1 Å². The second-order valence-electron chi connectivity index (χ2n) is 5.22. The van der Waals surface area contributed by atoms with E-state index in [-0.39, 0.29) is 17.8 Å². The molecular weight excluding hydrogens is 255 g/mol. The van der Waals surface area contributed by atoms with E-state index in [1.165, 1.54) is 6.07 Å². The SMILES string of the molecule is N[C@@H]1c2cccnc2[C@H](O)CC[C@H]1c1ccccc1F. The van der Waals surface area contributed by atoms with Gasteiger partial charge in [-0.25, -0.2) is 4.39 Å². The third kappa shape index (κ3) is 2.21. The van der Waals surface area contributed by atoms with Crippen molar-refractivity contribution in [3.8, 4) is 0 Å². The Morgan fingerprint density at radius 3 is 2.65 bits per heavy atom. The third-order valence-electron chi connectivity index (χ3n) is 4.04. The zero-order chi connectivity index (χ0) is 14.1. The van der Waals surface area contributed by atoms with Gasteiger partial charge in [-0.15, -0.1) is 0 Å². The standard InChI is InChI=1S/C16H17FN2O/c17-13-6-2-1-4-10(13)11-7-8-14(20)16-12(15(11)18)5-3-9-19-16/h1-6,9,11,14-15,20H,7-8,18H2/t11-,14+,15-/m0/s1. The van der Waals surface area contributed by atoms with Crippen molar-refractivity contribution in [2.45, 2.75) is 30.9 Å². The van der Waals surface area contributed by atoms with Crippen LogP contribution in [0.25, 0.3) is 0 Å². The summed E-state index contributed by atoms with van der Waals surface area (Å²) < 4.78 is 14.0. The Morgan fingerprint density at radius 2 is 1.85 bits per heavy atom.